The van der Waals surface area contributed by atoms with Crippen molar-refractivity contribution in [3.05, 3.63) is 64.4 Å². The summed E-state index contributed by atoms with van der Waals surface area (Å²) in [5.74, 6) is 0. The van der Waals surface area contributed by atoms with Crippen LogP contribution in [0.25, 0.3) is 0 Å². The van der Waals surface area contributed by atoms with Crippen LogP contribution in [-0.2, 0) is 6.42 Å². The van der Waals surface area contributed by atoms with E-state index in [4.69, 9.17) is 17.3 Å². The summed E-state index contributed by atoms with van der Waals surface area (Å²) in [5, 5.41) is 0.767. The number of hydrogen-bond acceptors (Lipinski definition) is 2. The summed E-state index contributed by atoms with van der Waals surface area (Å²) in [4.78, 5) is 4.08. The number of nitrogens with two attached hydrogens (primary N) is 1. The first-order valence-corrected chi connectivity index (χ1v) is 5.96. The predicted molar refractivity (Wildman–Crippen MR) is 71.1 cm³/mol. The van der Waals surface area contributed by atoms with Crippen LogP contribution in [-0.4, -0.2) is 4.98 Å². The Morgan fingerprint density at radius 2 is 2.12 bits per heavy atom. The number of pyridine rings is 1. The molecule has 1 unspecified atom stereocenters. The molecule has 0 bridgehead atoms. The van der Waals surface area contributed by atoms with Crippen LogP contribution in [0.5, 0.6) is 0 Å². The van der Waals surface area contributed by atoms with Gasteiger partial charge in [-0.2, -0.15) is 0 Å². The second-order valence-corrected chi connectivity index (χ2v) is 4.53. The van der Waals surface area contributed by atoms with E-state index >= 15 is 0 Å². The second kappa shape index (κ2) is 5.30. The molecule has 0 saturated carbocycles. The van der Waals surface area contributed by atoms with E-state index in [1.54, 1.807) is 6.20 Å². The Hall–Kier alpha value is -1.38. The quantitative estimate of drug-likeness (QED) is 0.903. The van der Waals surface area contributed by atoms with Gasteiger partial charge in [0.1, 0.15) is 0 Å². The first-order chi connectivity index (χ1) is 8.18. The second-order valence-electron chi connectivity index (χ2n) is 4.15. The van der Waals surface area contributed by atoms with Crippen LogP contribution in [0, 0.1) is 6.92 Å². The van der Waals surface area contributed by atoms with Crippen molar-refractivity contribution in [2.45, 2.75) is 19.4 Å². The predicted octanol–water partition coefficient (Wildman–Crippen LogP) is 3.29. The molecule has 17 heavy (non-hydrogen) atoms. The number of nitrogens with zero attached hydrogens (tertiary/aromatic N) is 1. The number of benzene rings is 1. The molecule has 2 N–H and O–H groups in total. The minimum absolute atomic E-state index is 0.0911. The van der Waals surface area contributed by atoms with E-state index in [0.717, 1.165) is 28.1 Å². The molecule has 0 spiro atoms. The summed E-state index contributed by atoms with van der Waals surface area (Å²) < 4.78 is 0. The SMILES string of the molecule is Cc1cccc(C(N)Cc2cccnc2)c1Cl. The van der Waals surface area contributed by atoms with Gasteiger partial charge in [-0.25, -0.2) is 0 Å². The lowest BCUT2D eigenvalue weighted by atomic mass is 9.99. The fraction of sp³-hybridized carbons (Fsp3) is 0.214. The van der Waals surface area contributed by atoms with E-state index in [2.05, 4.69) is 4.98 Å². The van der Waals surface area contributed by atoms with E-state index in [0.29, 0.717) is 0 Å². The molecule has 1 aromatic heterocycles. The molecule has 2 aromatic rings. The molecular formula is C14H15ClN2. The van der Waals surface area contributed by atoms with Crippen LogP contribution in [0.2, 0.25) is 5.02 Å². The van der Waals surface area contributed by atoms with Gasteiger partial charge in [0.15, 0.2) is 0 Å². The topological polar surface area (TPSA) is 38.9 Å². The van der Waals surface area contributed by atoms with Crippen LogP contribution in [0.15, 0.2) is 42.7 Å². The molecule has 1 aromatic carbocycles. The molecule has 0 aliphatic rings. The van der Waals surface area contributed by atoms with Crippen LogP contribution >= 0.6 is 11.6 Å². The Kier molecular flexibility index (Phi) is 3.77. The van der Waals surface area contributed by atoms with Gasteiger partial charge in [-0.05, 0) is 36.1 Å². The highest BCUT2D eigenvalue weighted by molar-refractivity contribution is 6.32. The first kappa shape index (κ1) is 12.1. The normalized spacial score (nSPS) is 12.4. The molecule has 1 heterocycles. The lowest BCUT2D eigenvalue weighted by Crippen LogP contribution is -2.14. The monoisotopic (exact) mass is 246 g/mol. The third kappa shape index (κ3) is 2.84. The average molecular weight is 247 g/mol. The number of rotatable bonds is 3. The van der Waals surface area contributed by atoms with E-state index in [-0.39, 0.29) is 6.04 Å². The maximum absolute atomic E-state index is 6.26. The first-order valence-electron chi connectivity index (χ1n) is 5.58. The smallest absolute Gasteiger partial charge is 0.0483 e. The Morgan fingerprint density at radius 3 is 2.82 bits per heavy atom. The highest BCUT2D eigenvalue weighted by Gasteiger charge is 2.11. The Labute approximate surface area is 106 Å². The van der Waals surface area contributed by atoms with Gasteiger partial charge in [-0.1, -0.05) is 35.9 Å². The van der Waals surface area contributed by atoms with Crippen molar-refractivity contribution in [2.24, 2.45) is 5.73 Å². The summed E-state index contributed by atoms with van der Waals surface area (Å²) >= 11 is 6.26. The van der Waals surface area contributed by atoms with Crippen molar-refractivity contribution in [1.29, 1.82) is 0 Å². The van der Waals surface area contributed by atoms with Crippen molar-refractivity contribution < 1.29 is 0 Å². The van der Waals surface area contributed by atoms with Gasteiger partial charge < -0.3 is 5.73 Å². The average Bonchev–Trinajstić information content (AvgIpc) is 2.34. The lowest BCUT2D eigenvalue weighted by Gasteiger charge is -2.14. The Morgan fingerprint density at radius 1 is 1.29 bits per heavy atom. The molecule has 2 rings (SSSR count). The molecule has 0 fully saturated rings. The molecule has 0 radical (unpaired) electrons. The number of aromatic nitrogens is 1. The summed E-state index contributed by atoms with van der Waals surface area (Å²) in [6.07, 6.45) is 4.34. The maximum atomic E-state index is 6.26. The molecule has 0 aliphatic carbocycles. The van der Waals surface area contributed by atoms with Crippen molar-refractivity contribution in [1.82, 2.24) is 4.98 Å². The van der Waals surface area contributed by atoms with E-state index in [9.17, 15) is 0 Å². The van der Waals surface area contributed by atoms with Crippen LogP contribution in [0.1, 0.15) is 22.7 Å². The number of aryl methyl sites for hydroxylation is 1. The van der Waals surface area contributed by atoms with Gasteiger partial charge in [-0.15, -0.1) is 0 Å². The molecular weight excluding hydrogens is 232 g/mol. The van der Waals surface area contributed by atoms with Crippen LogP contribution in [0.4, 0.5) is 0 Å². The molecule has 1 atom stereocenters. The fourth-order valence-corrected chi connectivity index (χ4v) is 2.11. The van der Waals surface area contributed by atoms with Gasteiger partial charge >= 0.3 is 0 Å². The van der Waals surface area contributed by atoms with Crippen LogP contribution in [0.3, 0.4) is 0 Å². The van der Waals surface area contributed by atoms with Crippen molar-refractivity contribution in [3.63, 3.8) is 0 Å². The summed E-state index contributed by atoms with van der Waals surface area (Å²) in [6.45, 7) is 1.99. The lowest BCUT2D eigenvalue weighted by molar-refractivity contribution is 0.719. The Balaban J connectivity index is 2.20. The molecule has 3 heteroatoms. The van der Waals surface area contributed by atoms with E-state index < -0.39 is 0 Å². The minimum atomic E-state index is -0.0911. The highest BCUT2D eigenvalue weighted by Crippen LogP contribution is 2.26. The molecule has 0 amide bonds. The fourth-order valence-electron chi connectivity index (χ4n) is 1.84. The number of hydrogen-bond donors (Lipinski definition) is 1. The van der Waals surface area contributed by atoms with E-state index in [1.165, 1.54) is 0 Å². The Bertz CT molecular complexity index is 497. The molecule has 2 nitrogen and oxygen atoms in total. The van der Waals surface area contributed by atoms with Crippen molar-refractivity contribution >= 4 is 11.6 Å². The van der Waals surface area contributed by atoms with Gasteiger partial charge in [-0.3, -0.25) is 4.98 Å². The van der Waals surface area contributed by atoms with Gasteiger partial charge in [0.25, 0.3) is 0 Å². The largest absolute Gasteiger partial charge is 0.324 e. The van der Waals surface area contributed by atoms with Gasteiger partial charge in [0.05, 0.1) is 0 Å². The minimum Gasteiger partial charge on any atom is -0.324 e. The highest BCUT2D eigenvalue weighted by atomic mass is 35.5. The van der Waals surface area contributed by atoms with Crippen molar-refractivity contribution in [3.8, 4) is 0 Å². The van der Waals surface area contributed by atoms with Crippen LogP contribution < -0.4 is 5.73 Å². The zero-order chi connectivity index (χ0) is 12.3. The molecule has 0 saturated heterocycles. The summed E-state index contributed by atoms with van der Waals surface area (Å²) in [5.41, 5.74) is 9.36. The maximum Gasteiger partial charge on any atom is 0.0483 e. The zero-order valence-corrected chi connectivity index (χ0v) is 10.5. The van der Waals surface area contributed by atoms with Gasteiger partial charge in [0.2, 0.25) is 0 Å². The third-order valence-electron chi connectivity index (χ3n) is 2.80. The standard InChI is InChI=1S/C14H15ClN2/c1-10-4-2-6-12(14(10)15)13(16)8-11-5-3-7-17-9-11/h2-7,9,13H,8,16H2,1H3. The molecule has 88 valence electrons. The summed E-state index contributed by atoms with van der Waals surface area (Å²) in [7, 11) is 0. The van der Waals surface area contributed by atoms with E-state index in [1.807, 2.05) is 43.5 Å². The van der Waals surface area contributed by atoms with Gasteiger partial charge in [0, 0.05) is 23.5 Å². The third-order valence-corrected chi connectivity index (χ3v) is 3.32. The van der Waals surface area contributed by atoms with Crippen molar-refractivity contribution in [2.75, 3.05) is 0 Å². The number of halogens is 1. The summed E-state index contributed by atoms with van der Waals surface area (Å²) in [6, 6.07) is 9.81. The zero-order valence-electron chi connectivity index (χ0n) is 9.73. The molecule has 0 aliphatic heterocycles.